The fourth-order valence-electron chi connectivity index (χ4n) is 9.55. The summed E-state index contributed by atoms with van der Waals surface area (Å²) in [6.45, 7) is 17.1. The second kappa shape index (κ2) is 25.9. The van der Waals surface area contributed by atoms with Crippen molar-refractivity contribution >= 4 is 87.0 Å². The van der Waals surface area contributed by atoms with Crippen molar-refractivity contribution in [3.8, 4) is 0 Å². The van der Waals surface area contributed by atoms with Crippen molar-refractivity contribution in [3.05, 3.63) is 92.3 Å². The number of amides is 7. The summed E-state index contributed by atoms with van der Waals surface area (Å²) < 4.78 is 5.37. The van der Waals surface area contributed by atoms with Gasteiger partial charge in [-0.2, -0.15) is 22.7 Å². The topological polar surface area (TPSA) is 224 Å². The average Bonchev–Trinajstić information content (AvgIpc) is 4.19. The van der Waals surface area contributed by atoms with Crippen LogP contribution in [0, 0.1) is 11.8 Å². The molecule has 8 rings (SSSR count). The van der Waals surface area contributed by atoms with E-state index in [0.717, 1.165) is 57.8 Å². The van der Waals surface area contributed by atoms with E-state index in [4.69, 9.17) is 15.6 Å². The maximum absolute atomic E-state index is 14.0. The van der Waals surface area contributed by atoms with E-state index in [-0.39, 0.29) is 54.4 Å². The standard InChI is InChI=1S/C29H38N4O5S.C24H30N4O3S.C2H6O/c1-18(2)14-21(31-28(37)38-29(3,4)5)26(35)30-22-15-20-8-6-9-23(32-12-7-10-24(32)34)25(20)33(27(22)36)16-19-11-13-39-17-19;1-15(2)11-18(25)23(30)26-19-12-17-5-3-6-20(27-9-4-7-21(27)29)22(17)28(24(19)31)13-16-8-10-32-14-16;1-2-3/h6,8-9,11,13,17-18,21-22H,7,10,12,14-16H2,1-5H3,(H,30,35)(H,31,37);3,5-6,8,10,14-15,18-19H,4,7,9,11-13,25H2,1-2H3,(H,26,30);3H,2H2,1H3/t21-,22?;18-,19?;/m11./s1. The van der Waals surface area contributed by atoms with Crippen molar-refractivity contribution < 1.29 is 43.4 Å². The third kappa shape index (κ3) is 14.8. The van der Waals surface area contributed by atoms with Gasteiger partial charge in [0.25, 0.3) is 0 Å². The van der Waals surface area contributed by atoms with Crippen LogP contribution in [-0.2, 0) is 59.4 Å². The Hall–Kier alpha value is -6.15. The number of fused-ring (bicyclic) bond motifs is 2. The van der Waals surface area contributed by atoms with Gasteiger partial charge in [-0.1, -0.05) is 52.0 Å². The highest BCUT2D eigenvalue weighted by Crippen LogP contribution is 2.42. The molecule has 6 N–H and O–H groups in total. The van der Waals surface area contributed by atoms with Gasteiger partial charge < -0.3 is 51.1 Å². The first-order valence-corrected chi connectivity index (χ1v) is 27.5. The fourth-order valence-corrected chi connectivity index (χ4v) is 10.9. The van der Waals surface area contributed by atoms with Crippen molar-refractivity contribution in [2.45, 2.75) is 150 Å². The lowest BCUT2D eigenvalue weighted by atomic mass is 9.94. The Morgan fingerprint density at radius 2 is 1.16 bits per heavy atom. The van der Waals surface area contributed by atoms with Gasteiger partial charge in [0.1, 0.15) is 23.7 Å². The van der Waals surface area contributed by atoms with E-state index in [1.807, 2.05) is 97.7 Å². The molecule has 6 heterocycles. The normalized spacial score (nSPS) is 18.3. The summed E-state index contributed by atoms with van der Waals surface area (Å²) in [6, 6.07) is 12.5. The SMILES string of the molecule is CC(C)C[C@@H](N)C(=O)NC1Cc2cccc(N3CCCC3=O)c2N(Cc2ccsc2)C1=O.CC(C)C[C@@H](NC(=O)OC(C)(C)C)C(=O)NC1Cc2cccc(N3CCCC3=O)c2N(Cc2ccsc2)C1=O.CCO. The summed E-state index contributed by atoms with van der Waals surface area (Å²) >= 11 is 3.12. The second-order valence-corrected chi connectivity index (χ2v) is 22.5. The number of hydrogen-bond donors (Lipinski definition) is 5. The molecule has 2 aromatic carbocycles. The van der Waals surface area contributed by atoms with Gasteiger partial charge in [0.05, 0.1) is 41.9 Å². The lowest BCUT2D eigenvalue weighted by molar-refractivity contribution is -0.129. The van der Waals surface area contributed by atoms with E-state index in [1.54, 1.807) is 70.0 Å². The van der Waals surface area contributed by atoms with Crippen molar-refractivity contribution in [3.63, 3.8) is 0 Å². The van der Waals surface area contributed by atoms with Crippen LogP contribution < -0.4 is 41.3 Å². The molecule has 4 atom stereocenters. The molecule has 19 heteroatoms. The second-order valence-electron chi connectivity index (χ2n) is 20.9. The maximum atomic E-state index is 14.0. The first-order chi connectivity index (χ1) is 35.2. The van der Waals surface area contributed by atoms with Crippen molar-refractivity contribution in [1.82, 2.24) is 16.0 Å². The van der Waals surface area contributed by atoms with Gasteiger partial charge in [-0.15, -0.1) is 0 Å². The molecule has 0 radical (unpaired) electrons. The van der Waals surface area contributed by atoms with Crippen LogP contribution in [-0.4, -0.2) is 96.1 Å². The molecule has 0 bridgehead atoms. The molecule has 2 fully saturated rings. The largest absolute Gasteiger partial charge is 0.444 e. The van der Waals surface area contributed by atoms with Crippen LogP contribution in [0.5, 0.6) is 0 Å². The number of carbonyl (C=O) groups is 7. The summed E-state index contributed by atoms with van der Waals surface area (Å²) in [4.78, 5) is 98.3. The molecule has 2 saturated heterocycles. The molecule has 17 nitrogen and oxygen atoms in total. The quantitative estimate of drug-likeness (QED) is 0.0805. The van der Waals surface area contributed by atoms with Crippen LogP contribution in [0.15, 0.2) is 70.1 Å². The number of nitrogens with zero attached hydrogens (tertiary/aromatic N) is 4. The number of para-hydroxylation sites is 2. The Morgan fingerprint density at radius 3 is 1.54 bits per heavy atom. The number of alkyl carbamates (subject to hydrolysis) is 1. The zero-order chi connectivity index (χ0) is 53.9. The molecule has 2 unspecified atom stereocenters. The molecule has 7 amide bonds. The number of carbonyl (C=O) groups excluding carboxylic acids is 7. The van der Waals surface area contributed by atoms with Gasteiger partial charge in [-0.05, 0) is 133 Å². The van der Waals surface area contributed by atoms with Crippen LogP contribution in [0.2, 0.25) is 0 Å². The highest BCUT2D eigenvalue weighted by molar-refractivity contribution is 7.08. The number of aliphatic hydroxyl groups is 1. The van der Waals surface area contributed by atoms with Gasteiger partial charge in [-0.3, -0.25) is 28.8 Å². The summed E-state index contributed by atoms with van der Waals surface area (Å²) in [6.07, 6.45) is 3.54. The summed E-state index contributed by atoms with van der Waals surface area (Å²) in [5.74, 6) is -0.625. The lowest BCUT2D eigenvalue weighted by Crippen LogP contribution is -2.57. The molecular weight excluding hydrogens is 981 g/mol. The minimum Gasteiger partial charge on any atom is -0.444 e. The van der Waals surface area contributed by atoms with Crippen molar-refractivity contribution in [2.75, 3.05) is 39.3 Å². The molecule has 0 aliphatic carbocycles. The zero-order valence-electron chi connectivity index (χ0n) is 44.0. The number of nitrogens with one attached hydrogen (secondary N) is 3. The number of rotatable bonds is 15. The van der Waals surface area contributed by atoms with E-state index >= 15 is 0 Å². The Morgan fingerprint density at radius 1 is 0.716 bits per heavy atom. The van der Waals surface area contributed by atoms with Crippen LogP contribution in [0.4, 0.5) is 27.5 Å². The fraction of sp³-hybridized carbons (Fsp3) is 0.509. The molecule has 4 aromatic rings. The summed E-state index contributed by atoms with van der Waals surface area (Å²) in [5, 5.41) is 24.0. The number of benzene rings is 2. The van der Waals surface area contributed by atoms with E-state index in [2.05, 4.69) is 16.0 Å². The predicted octanol–water partition coefficient (Wildman–Crippen LogP) is 7.21. The summed E-state index contributed by atoms with van der Waals surface area (Å²) in [5.41, 5.74) is 12.2. The summed E-state index contributed by atoms with van der Waals surface area (Å²) in [7, 11) is 0. The molecule has 4 aliphatic rings. The van der Waals surface area contributed by atoms with E-state index in [9.17, 15) is 33.6 Å². The van der Waals surface area contributed by atoms with Crippen LogP contribution in [0.3, 0.4) is 0 Å². The molecule has 0 spiro atoms. The number of hydrogen-bond acceptors (Lipinski definition) is 12. The molecular formula is C55H74N8O9S2. The highest BCUT2D eigenvalue weighted by Gasteiger charge is 2.41. The van der Waals surface area contributed by atoms with Crippen LogP contribution in [0.25, 0.3) is 0 Å². The van der Waals surface area contributed by atoms with Gasteiger partial charge in [0.2, 0.25) is 35.4 Å². The number of aliphatic hydroxyl groups excluding tert-OH is 1. The van der Waals surface area contributed by atoms with Gasteiger partial charge in [0, 0.05) is 45.4 Å². The van der Waals surface area contributed by atoms with Crippen molar-refractivity contribution in [1.29, 1.82) is 0 Å². The smallest absolute Gasteiger partial charge is 0.408 e. The first kappa shape index (κ1) is 57.1. The van der Waals surface area contributed by atoms with E-state index in [1.165, 1.54) is 0 Å². The molecule has 2 aromatic heterocycles. The monoisotopic (exact) mass is 1050 g/mol. The number of anilines is 4. The van der Waals surface area contributed by atoms with Crippen LogP contribution in [0.1, 0.15) is 116 Å². The molecule has 4 aliphatic heterocycles. The highest BCUT2D eigenvalue weighted by atomic mass is 32.1. The Bertz CT molecular complexity index is 2600. The first-order valence-electron chi connectivity index (χ1n) is 25.7. The Kier molecular flexibility index (Phi) is 20.0. The van der Waals surface area contributed by atoms with E-state index < -0.39 is 41.8 Å². The van der Waals surface area contributed by atoms with Crippen LogP contribution >= 0.6 is 22.7 Å². The number of thiophene rings is 2. The predicted molar refractivity (Wildman–Crippen MR) is 291 cm³/mol. The third-order valence-electron chi connectivity index (χ3n) is 12.7. The molecule has 74 heavy (non-hydrogen) atoms. The number of ether oxygens (including phenoxy) is 1. The lowest BCUT2D eigenvalue weighted by Gasteiger charge is -2.37. The number of nitrogens with two attached hydrogens (primary N) is 1. The van der Waals surface area contributed by atoms with Gasteiger partial charge >= 0.3 is 6.09 Å². The van der Waals surface area contributed by atoms with Crippen molar-refractivity contribution in [2.24, 2.45) is 17.6 Å². The van der Waals surface area contributed by atoms with E-state index in [0.29, 0.717) is 58.3 Å². The Balaban J connectivity index is 0.000000233. The zero-order valence-corrected chi connectivity index (χ0v) is 45.6. The van der Waals surface area contributed by atoms with Gasteiger partial charge in [-0.25, -0.2) is 4.79 Å². The van der Waals surface area contributed by atoms with Gasteiger partial charge in [0.15, 0.2) is 0 Å². The minimum atomic E-state index is -0.854. The molecule has 400 valence electrons. The Labute approximate surface area is 443 Å². The third-order valence-corrected chi connectivity index (χ3v) is 14.2. The molecule has 0 saturated carbocycles. The minimum absolute atomic E-state index is 0.0477. The average molecular weight is 1060 g/mol. The maximum Gasteiger partial charge on any atom is 0.408 e.